The molecular weight excluding hydrogens is 336 g/mol. The van der Waals surface area contributed by atoms with Gasteiger partial charge in [-0.15, -0.1) is 0 Å². The zero-order valence-electron chi connectivity index (χ0n) is 11.5. The maximum absolute atomic E-state index is 11.4. The number of carbonyl (C=O) groups is 1. The number of ether oxygens (including phenoxy) is 2. The van der Waals surface area contributed by atoms with Crippen molar-refractivity contribution in [3.05, 3.63) is 58.6 Å². The van der Waals surface area contributed by atoms with Crippen LogP contribution in [0.15, 0.2) is 53.0 Å². The smallest absolute Gasteiger partial charge is 0.345 e. The summed E-state index contributed by atoms with van der Waals surface area (Å²) in [5.74, 6) is -0.0822. The van der Waals surface area contributed by atoms with Crippen LogP contribution in [0.2, 0.25) is 0 Å². The van der Waals surface area contributed by atoms with Gasteiger partial charge in [0.1, 0.15) is 0 Å². The molecule has 0 amide bonds. The average Bonchev–Trinajstić information content (AvgIpc) is 2.47. The molecule has 0 fully saturated rings. The fourth-order valence-corrected chi connectivity index (χ4v) is 2.37. The van der Waals surface area contributed by atoms with E-state index >= 15 is 0 Å². The number of hydrogen-bond acceptors (Lipinski definition) is 3. The molecule has 21 heavy (non-hydrogen) atoms. The quantitative estimate of drug-likeness (QED) is 0.865. The van der Waals surface area contributed by atoms with Crippen LogP contribution in [0.4, 0.5) is 0 Å². The first-order chi connectivity index (χ1) is 10.1. The summed E-state index contributed by atoms with van der Waals surface area (Å²) in [4.78, 5) is 11.4. The van der Waals surface area contributed by atoms with E-state index < -0.39 is 12.1 Å². The lowest BCUT2D eigenvalue weighted by molar-refractivity contribution is -0.145. The first kappa shape index (κ1) is 15.4. The Morgan fingerprint density at radius 2 is 1.90 bits per heavy atom. The van der Waals surface area contributed by atoms with Crippen LogP contribution in [0.25, 0.3) is 0 Å². The Morgan fingerprint density at radius 1 is 1.19 bits per heavy atom. The normalized spacial score (nSPS) is 11.7. The summed E-state index contributed by atoms with van der Waals surface area (Å²) in [6.45, 7) is 0. The summed E-state index contributed by atoms with van der Waals surface area (Å²) >= 11 is 3.37. The number of hydrogen-bond donors (Lipinski definition) is 1. The number of rotatable bonds is 6. The van der Waals surface area contributed by atoms with Crippen molar-refractivity contribution < 1.29 is 19.4 Å². The van der Waals surface area contributed by atoms with Gasteiger partial charge >= 0.3 is 5.97 Å². The molecule has 0 saturated carbocycles. The lowest BCUT2D eigenvalue weighted by atomic mass is 10.1. The summed E-state index contributed by atoms with van der Waals surface area (Å²) in [5.41, 5.74) is 0.881. The highest BCUT2D eigenvalue weighted by Crippen LogP contribution is 2.27. The first-order valence-corrected chi connectivity index (χ1v) is 7.16. The molecule has 2 aromatic rings. The van der Waals surface area contributed by atoms with Gasteiger partial charge in [0.2, 0.25) is 0 Å². The van der Waals surface area contributed by atoms with Crippen molar-refractivity contribution in [1.29, 1.82) is 0 Å². The minimum atomic E-state index is -1.01. The highest BCUT2D eigenvalue weighted by atomic mass is 79.9. The molecule has 0 aliphatic heterocycles. The highest BCUT2D eigenvalue weighted by Gasteiger charge is 2.21. The van der Waals surface area contributed by atoms with Crippen molar-refractivity contribution >= 4 is 21.9 Å². The maximum atomic E-state index is 11.4. The predicted octanol–water partition coefficient (Wildman–Crippen LogP) is 3.53. The molecule has 1 N–H and O–H groups in total. The van der Waals surface area contributed by atoms with Crippen LogP contribution >= 0.6 is 15.9 Å². The summed E-state index contributed by atoms with van der Waals surface area (Å²) in [6.07, 6.45) is -0.706. The molecule has 2 rings (SSSR count). The molecule has 0 heterocycles. The second-order valence-electron chi connectivity index (χ2n) is 4.43. The molecule has 0 aliphatic rings. The molecular formula is C16H15BrO4. The summed E-state index contributed by atoms with van der Waals surface area (Å²) in [6, 6.07) is 14.5. The standard InChI is InChI=1S/C16H15BrO4/c1-20-13-7-2-3-8-14(13)21-15(16(18)19)10-11-5-4-6-12(17)9-11/h2-9,15H,10H2,1H3,(H,18,19)/t15-/m0/s1. The average molecular weight is 351 g/mol. The molecule has 0 spiro atoms. The van der Waals surface area contributed by atoms with E-state index in [1.807, 2.05) is 24.3 Å². The van der Waals surface area contributed by atoms with Crippen LogP contribution in [-0.2, 0) is 11.2 Å². The number of aliphatic carboxylic acids is 1. The van der Waals surface area contributed by atoms with E-state index in [-0.39, 0.29) is 6.42 Å². The first-order valence-electron chi connectivity index (χ1n) is 6.37. The van der Waals surface area contributed by atoms with Crippen LogP contribution in [-0.4, -0.2) is 24.3 Å². The number of para-hydroxylation sites is 2. The van der Waals surface area contributed by atoms with Crippen LogP contribution in [0.1, 0.15) is 5.56 Å². The van der Waals surface area contributed by atoms with Gasteiger partial charge in [-0.1, -0.05) is 40.2 Å². The minimum absolute atomic E-state index is 0.271. The summed E-state index contributed by atoms with van der Waals surface area (Å²) in [5, 5.41) is 9.35. The Hall–Kier alpha value is -2.01. The van der Waals surface area contributed by atoms with E-state index in [0.717, 1.165) is 10.0 Å². The van der Waals surface area contributed by atoms with Crippen molar-refractivity contribution in [2.45, 2.75) is 12.5 Å². The van der Waals surface area contributed by atoms with Gasteiger partial charge in [0, 0.05) is 10.9 Å². The summed E-state index contributed by atoms with van der Waals surface area (Å²) in [7, 11) is 1.52. The molecule has 0 aliphatic carbocycles. The van der Waals surface area contributed by atoms with E-state index in [1.165, 1.54) is 7.11 Å². The van der Waals surface area contributed by atoms with Gasteiger partial charge in [0.05, 0.1) is 7.11 Å². The van der Waals surface area contributed by atoms with Crippen molar-refractivity contribution in [2.24, 2.45) is 0 Å². The molecule has 2 aromatic carbocycles. The third kappa shape index (κ3) is 4.23. The monoisotopic (exact) mass is 350 g/mol. The zero-order valence-corrected chi connectivity index (χ0v) is 13.0. The third-order valence-corrected chi connectivity index (χ3v) is 3.42. The lowest BCUT2D eigenvalue weighted by Crippen LogP contribution is -2.29. The molecule has 0 aromatic heterocycles. The molecule has 5 heteroatoms. The largest absolute Gasteiger partial charge is 0.493 e. The van der Waals surface area contributed by atoms with E-state index in [1.54, 1.807) is 24.3 Å². The molecule has 0 bridgehead atoms. The fourth-order valence-electron chi connectivity index (χ4n) is 1.93. The Morgan fingerprint density at radius 3 is 2.52 bits per heavy atom. The van der Waals surface area contributed by atoms with Crippen molar-refractivity contribution in [2.75, 3.05) is 7.11 Å². The van der Waals surface area contributed by atoms with E-state index in [0.29, 0.717) is 11.5 Å². The van der Waals surface area contributed by atoms with Crippen molar-refractivity contribution in [3.63, 3.8) is 0 Å². The predicted molar refractivity (Wildman–Crippen MR) is 82.9 cm³/mol. The Balaban J connectivity index is 2.18. The minimum Gasteiger partial charge on any atom is -0.493 e. The van der Waals surface area contributed by atoms with Gasteiger partial charge in [-0.2, -0.15) is 0 Å². The van der Waals surface area contributed by atoms with Crippen molar-refractivity contribution in [1.82, 2.24) is 0 Å². The van der Waals surface area contributed by atoms with Crippen LogP contribution < -0.4 is 9.47 Å². The zero-order chi connectivity index (χ0) is 15.2. The van der Waals surface area contributed by atoms with Gasteiger partial charge in [0.25, 0.3) is 0 Å². The number of methoxy groups -OCH3 is 1. The molecule has 0 unspecified atom stereocenters. The second-order valence-corrected chi connectivity index (χ2v) is 5.35. The number of halogens is 1. The number of carboxylic acid groups (broad SMARTS) is 1. The Labute approximate surface area is 131 Å². The van der Waals surface area contributed by atoms with E-state index in [4.69, 9.17) is 9.47 Å². The highest BCUT2D eigenvalue weighted by molar-refractivity contribution is 9.10. The van der Waals surface area contributed by atoms with Gasteiger partial charge < -0.3 is 14.6 Å². The lowest BCUT2D eigenvalue weighted by Gasteiger charge is -2.17. The van der Waals surface area contributed by atoms with Gasteiger partial charge in [-0.3, -0.25) is 0 Å². The molecule has 110 valence electrons. The third-order valence-electron chi connectivity index (χ3n) is 2.92. The molecule has 1 atom stereocenters. The van der Waals surface area contributed by atoms with E-state index in [9.17, 15) is 9.90 Å². The second kappa shape index (κ2) is 7.13. The van der Waals surface area contributed by atoms with Gasteiger partial charge in [-0.25, -0.2) is 4.79 Å². The number of carboxylic acids is 1. The molecule has 4 nitrogen and oxygen atoms in total. The molecule has 0 radical (unpaired) electrons. The summed E-state index contributed by atoms with van der Waals surface area (Å²) < 4.78 is 11.7. The van der Waals surface area contributed by atoms with Crippen LogP contribution in [0.3, 0.4) is 0 Å². The van der Waals surface area contributed by atoms with Crippen LogP contribution in [0, 0.1) is 0 Å². The van der Waals surface area contributed by atoms with Gasteiger partial charge in [0.15, 0.2) is 17.6 Å². The Bertz CT molecular complexity index is 627. The topological polar surface area (TPSA) is 55.8 Å². The number of benzene rings is 2. The van der Waals surface area contributed by atoms with Gasteiger partial charge in [-0.05, 0) is 29.8 Å². The van der Waals surface area contributed by atoms with Crippen LogP contribution in [0.5, 0.6) is 11.5 Å². The SMILES string of the molecule is COc1ccccc1O[C@@H](Cc1cccc(Br)c1)C(=O)O. The fraction of sp³-hybridized carbons (Fsp3) is 0.188. The van der Waals surface area contributed by atoms with Crippen molar-refractivity contribution in [3.8, 4) is 11.5 Å². The maximum Gasteiger partial charge on any atom is 0.345 e. The van der Waals surface area contributed by atoms with E-state index in [2.05, 4.69) is 15.9 Å². The molecule has 0 saturated heterocycles. The Kier molecular flexibility index (Phi) is 5.22.